The maximum absolute atomic E-state index is 13.0. The number of hydrogen-bond acceptors (Lipinski definition) is 2. The Morgan fingerprint density at radius 3 is 2.48 bits per heavy atom. The summed E-state index contributed by atoms with van der Waals surface area (Å²) in [4.78, 5) is 23.6. The van der Waals surface area contributed by atoms with Crippen molar-refractivity contribution in [3.63, 3.8) is 0 Å². The van der Waals surface area contributed by atoms with Crippen molar-refractivity contribution in [3.8, 4) is 0 Å². The van der Waals surface area contributed by atoms with E-state index in [1.54, 1.807) is 0 Å². The van der Waals surface area contributed by atoms with E-state index in [0.717, 1.165) is 44.2 Å². The summed E-state index contributed by atoms with van der Waals surface area (Å²) in [7, 11) is 0. The van der Waals surface area contributed by atoms with Gasteiger partial charge in [-0.1, -0.05) is 30.9 Å². The normalized spacial score (nSPS) is 15.5. The van der Waals surface area contributed by atoms with E-state index < -0.39 is 35.9 Å². The van der Waals surface area contributed by atoms with Crippen LogP contribution < -0.4 is 16.0 Å². The number of rotatable bonds is 4. The fourth-order valence-electron chi connectivity index (χ4n) is 2.70. The van der Waals surface area contributed by atoms with Gasteiger partial charge in [0.1, 0.15) is 0 Å². The standard InChI is InChI=1S/C16H19ClF3N3O2/c17-10-6-7-13(12(8-10)16(18,19)20)23-14(24)9-21-15(25)22-11-4-2-1-3-5-11/h6-8,11H,1-5,9H2,(H,23,24)(H2,21,22,25). The molecule has 9 heteroatoms. The Morgan fingerprint density at radius 1 is 1.16 bits per heavy atom. The Kier molecular flexibility index (Phi) is 6.52. The van der Waals surface area contributed by atoms with Gasteiger partial charge in [0.2, 0.25) is 5.91 Å². The number of halogens is 4. The molecule has 0 radical (unpaired) electrons. The van der Waals surface area contributed by atoms with E-state index in [1.807, 2.05) is 0 Å². The predicted molar refractivity (Wildman–Crippen MR) is 88.5 cm³/mol. The second-order valence-corrected chi connectivity index (χ2v) is 6.33. The van der Waals surface area contributed by atoms with Gasteiger partial charge in [-0.25, -0.2) is 4.79 Å². The molecule has 1 fully saturated rings. The van der Waals surface area contributed by atoms with Crippen LogP contribution in [0.1, 0.15) is 37.7 Å². The van der Waals surface area contributed by atoms with Crippen molar-refractivity contribution in [2.24, 2.45) is 0 Å². The zero-order valence-electron chi connectivity index (χ0n) is 13.4. The van der Waals surface area contributed by atoms with Crippen LogP contribution in [0.15, 0.2) is 18.2 Å². The average molecular weight is 378 g/mol. The lowest BCUT2D eigenvalue weighted by Gasteiger charge is -2.22. The van der Waals surface area contributed by atoms with Gasteiger partial charge in [0.15, 0.2) is 0 Å². The largest absolute Gasteiger partial charge is 0.418 e. The molecule has 0 spiro atoms. The first-order valence-electron chi connectivity index (χ1n) is 7.96. The molecule has 138 valence electrons. The lowest BCUT2D eigenvalue weighted by atomic mass is 9.96. The molecule has 5 nitrogen and oxygen atoms in total. The fourth-order valence-corrected chi connectivity index (χ4v) is 2.87. The molecule has 0 heterocycles. The molecule has 3 amide bonds. The summed E-state index contributed by atoms with van der Waals surface area (Å²) in [5.41, 5.74) is -1.45. The molecule has 0 saturated heterocycles. The smallest absolute Gasteiger partial charge is 0.335 e. The third-order valence-corrected chi connectivity index (χ3v) is 4.15. The number of nitrogens with one attached hydrogen (secondary N) is 3. The van der Waals surface area contributed by atoms with Crippen molar-refractivity contribution >= 4 is 29.2 Å². The average Bonchev–Trinajstić information content (AvgIpc) is 2.54. The number of benzene rings is 1. The summed E-state index contributed by atoms with van der Waals surface area (Å²) < 4.78 is 38.9. The van der Waals surface area contributed by atoms with E-state index >= 15 is 0 Å². The third-order valence-electron chi connectivity index (χ3n) is 3.91. The fraction of sp³-hybridized carbons (Fsp3) is 0.500. The van der Waals surface area contributed by atoms with Gasteiger partial charge in [0.05, 0.1) is 17.8 Å². The molecule has 0 atom stereocenters. The van der Waals surface area contributed by atoms with Gasteiger partial charge in [-0.3, -0.25) is 4.79 Å². The van der Waals surface area contributed by atoms with Gasteiger partial charge in [0.25, 0.3) is 0 Å². The number of anilines is 1. The molecular weight excluding hydrogens is 359 g/mol. The number of carbonyl (C=O) groups excluding carboxylic acids is 2. The summed E-state index contributed by atoms with van der Waals surface area (Å²) in [5.74, 6) is -0.758. The summed E-state index contributed by atoms with van der Waals surface area (Å²) in [6, 6.07) is 2.63. The zero-order chi connectivity index (χ0) is 18.4. The quantitative estimate of drug-likeness (QED) is 0.744. The molecule has 25 heavy (non-hydrogen) atoms. The van der Waals surface area contributed by atoms with Crippen molar-refractivity contribution in [2.75, 3.05) is 11.9 Å². The number of amides is 3. The molecule has 1 aliphatic carbocycles. The summed E-state index contributed by atoms with van der Waals surface area (Å²) in [6.45, 7) is -0.432. The van der Waals surface area contributed by atoms with Crippen molar-refractivity contribution < 1.29 is 22.8 Å². The molecule has 0 unspecified atom stereocenters. The first-order valence-corrected chi connectivity index (χ1v) is 8.34. The Balaban J connectivity index is 1.87. The van der Waals surface area contributed by atoms with E-state index in [0.29, 0.717) is 0 Å². The summed E-state index contributed by atoms with van der Waals surface area (Å²) in [5, 5.41) is 7.16. The Labute approximate surface area is 148 Å². The Hall–Kier alpha value is -1.96. The van der Waals surface area contributed by atoms with Gasteiger partial charge in [-0.2, -0.15) is 13.2 Å². The SMILES string of the molecule is O=C(CNC(=O)NC1CCCCC1)Nc1ccc(Cl)cc1C(F)(F)F. The van der Waals surface area contributed by atoms with Crippen LogP contribution in [0.3, 0.4) is 0 Å². The number of hydrogen-bond donors (Lipinski definition) is 3. The Bertz CT molecular complexity index is 632. The highest BCUT2D eigenvalue weighted by molar-refractivity contribution is 6.30. The Morgan fingerprint density at radius 2 is 1.84 bits per heavy atom. The van der Waals surface area contributed by atoms with Gasteiger partial charge in [0, 0.05) is 11.1 Å². The lowest BCUT2D eigenvalue weighted by Crippen LogP contribution is -2.45. The van der Waals surface area contributed by atoms with E-state index in [9.17, 15) is 22.8 Å². The van der Waals surface area contributed by atoms with Gasteiger partial charge in [-0.05, 0) is 31.0 Å². The number of carbonyl (C=O) groups is 2. The molecule has 1 saturated carbocycles. The van der Waals surface area contributed by atoms with Gasteiger partial charge >= 0.3 is 12.2 Å². The minimum absolute atomic E-state index is 0.0740. The topological polar surface area (TPSA) is 70.2 Å². The number of alkyl halides is 3. The highest BCUT2D eigenvalue weighted by atomic mass is 35.5. The van der Waals surface area contributed by atoms with Crippen molar-refractivity contribution in [3.05, 3.63) is 28.8 Å². The maximum Gasteiger partial charge on any atom is 0.418 e. The molecule has 1 aliphatic rings. The minimum Gasteiger partial charge on any atom is -0.335 e. The molecule has 0 bridgehead atoms. The first kappa shape index (κ1) is 19.4. The van der Waals surface area contributed by atoms with E-state index in [-0.39, 0.29) is 11.1 Å². The maximum atomic E-state index is 13.0. The van der Waals surface area contributed by atoms with Crippen molar-refractivity contribution in [1.29, 1.82) is 0 Å². The highest BCUT2D eigenvalue weighted by Crippen LogP contribution is 2.36. The lowest BCUT2D eigenvalue weighted by molar-refractivity contribution is -0.137. The van der Waals surface area contributed by atoms with Gasteiger partial charge < -0.3 is 16.0 Å². The van der Waals surface area contributed by atoms with Crippen LogP contribution in [0.4, 0.5) is 23.7 Å². The van der Waals surface area contributed by atoms with Crippen LogP contribution >= 0.6 is 11.6 Å². The third kappa shape index (κ3) is 6.12. The van der Waals surface area contributed by atoms with Gasteiger partial charge in [-0.15, -0.1) is 0 Å². The van der Waals surface area contributed by atoms with E-state index in [2.05, 4.69) is 16.0 Å². The van der Waals surface area contributed by atoms with Crippen LogP contribution in [0.25, 0.3) is 0 Å². The predicted octanol–water partition coefficient (Wildman–Crippen LogP) is 3.93. The van der Waals surface area contributed by atoms with Crippen LogP contribution in [0.5, 0.6) is 0 Å². The molecule has 1 aromatic rings. The summed E-state index contributed by atoms with van der Waals surface area (Å²) in [6.07, 6.45) is 0.354. The minimum atomic E-state index is -4.65. The van der Waals surface area contributed by atoms with Crippen molar-refractivity contribution in [2.45, 2.75) is 44.3 Å². The van der Waals surface area contributed by atoms with Crippen LogP contribution in [0, 0.1) is 0 Å². The molecule has 0 aliphatic heterocycles. The summed E-state index contributed by atoms with van der Waals surface area (Å²) >= 11 is 5.58. The van der Waals surface area contributed by atoms with Crippen LogP contribution in [-0.2, 0) is 11.0 Å². The highest BCUT2D eigenvalue weighted by Gasteiger charge is 2.34. The molecule has 0 aromatic heterocycles. The second-order valence-electron chi connectivity index (χ2n) is 5.90. The van der Waals surface area contributed by atoms with E-state index in [1.165, 1.54) is 6.07 Å². The molecule has 1 aromatic carbocycles. The molecule has 3 N–H and O–H groups in total. The van der Waals surface area contributed by atoms with Crippen molar-refractivity contribution in [1.82, 2.24) is 10.6 Å². The monoisotopic (exact) mass is 377 g/mol. The number of urea groups is 1. The van der Waals surface area contributed by atoms with Crippen LogP contribution in [0.2, 0.25) is 5.02 Å². The van der Waals surface area contributed by atoms with E-state index in [4.69, 9.17) is 11.6 Å². The first-order chi connectivity index (χ1) is 11.8. The molecule has 2 rings (SSSR count). The van der Waals surface area contributed by atoms with Crippen LogP contribution in [-0.4, -0.2) is 24.5 Å². The second kappa shape index (κ2) is 8.42. The molecular formula is C16H19ClF3N3O2. The zero-order valence-corrected chi connectivity index (χ0v) is 14.1.